The van der Waals surface area contributed by atoms with E-state index in [0.29, 0.717) is 37.5 Å². The fraction of sp³-hybridized carbons (Fsp3) is 0.889. The number of fused-ring (bicyclic) bond motifs is 7. The highest BCUT2D eigenvalue weighted by Gasteiger charge is 2.69. The van der Waals surface area contributed by atoms with Crippen molar-refractivity contribution in [2.75, 3.05) is 19.8 Å². The van der Waals surface area contributed by atoms with Crippen LogP contribution in [-0.2, 0) is 33.2 Å². The zero-order valence-electron chi connectivity index (χ0n) is 36.2. The summed E-state index contributed by atoms with van der Waals surface area (Å²) in [5.74, 6) is -0.121. The molecular weight excluding hydrogens is 796 g/mol. The van der Waals surface area contributed by atoms with E-state index < -0.39 is 97.9 Å². The molecule has 0 unspecified atom stereocenters. The molecule has 0 aromatic heterocycles. The summed E-state index contributed by atoms with van der Waals surface area (Å²) in [5, 5.41) is 94.0. The lowest BCUT2D eigenvalue weighted by molar-refractivity contribution is -0.317. The summed E-state index contributed by atoms with van der Waals surface area (Å²) in [6, 6.07) is 0. The second-order valence-electron chi connectivity index (χ2n) is 21.2. The van der Waals surface area contributed by atoms with Gasteiger partial charge in [-0.2, -0.15) is 0 Å². The fourth-order valence-electron chi connectivity index (χ4n) is 14.0. The van der Waals surface area contributed by atoms with Crippen LogP contribution in [0, 0.1) is 44.8 Å². The van der Waals surface area contributed by atoms with Gasteiger partial charge in [0.25, 0.3) is 0 Å². The van der Waals surface area contributed by atoms with Gasteiger partial charge in [0.05, 0.1) is 31.3 Å². The molecule has 4 saturated carbocycles. The Balaban J connectivity index is 1.00. The molecule has 3 aliphatic heterocycles. The van der Waals surface area contributed by atoms with Crippen LogP contribution in [0.1, 0.15) is 98.8 Å². The van der Waals surface area contributed by atoms with Crippen LogP contribution in [0.2, 0.25) is 0 Å². The lowest BCUT2D eigenvalue weighted by Gasteiger charge is -2.71. The minimum atomic E-state index is -1.76. The van der Waals surface area contributed by atoms with Crippen molar-refractivity contribution in [1.82, 2.24) is 0 Å². The maximum Gasteiger partial charge on any atom is 0.315 e. The van der Waals surface area contributed by atoms with Crippen LogP contribution in [0.15, 0.2) is 23.8 Å². The molecule has 0 aromatic carbocycles. The van der Waals surface area contributed by atoms with Gasteiger partial charge in [0.1, 0.15) is 61.0 Å². The molecule has 0 radical (unpaired) electrons. The van der Waals surface area contributed by atoms with E-state index in [0.717, 1.165) is 44.1 Å². The molecule has 0 amide bonds. The van der Waals surface area contributed by atoms with Crippen molar-refractivity contribution in [1.29, 1.82) is 0 Å². The number of allylic oxidation sites excluding steroid dienone is 3. The Hall–Kier alpha value is -1.61. The maximum absolute atomic E-state index is 14.8. The number of carbonyl (C=O) groups is 1. The Bertz CT molecular complexity index is 1690. The quantitative estimate of drug-likeness (QED) is 0.0981. The zero-order chi connectivity index (χ0) is 44.2. The van der Waals surface area contributed by atoms with Crippen molar-refractivity contribution in [3.63, 3.8) is 0 Å². The third kappa shape index (κ3) is 7.22. The fourth-order valence-corrected chi connectivity index (χ4v) is 14.0. The highest BCUT2D eigenvalue weighted by molar-refractivity contribution is 5.79. The van der Waals surface area contributed by atoms with Crippen LogP contribution in [0.5, 0.6) is 0 Å². The first-order valence-electron chi connectivity index (χ1n) is 22.5. The number of esters is 1. The minimum Gasteiger partial charge on any atom is -0.432 e. The number of aliphatic hydroxyl groups is 9. The van der Waals surface area contributed by atoms with Gasteiger partial charge in [-0.3, -0.25) is 4.79 Å². The maximum atomic E-state index is 14.8. The average molecular weight is 867 g/mol. The molecule has 16 heteroatoms. The highest BCUT2D eigenvalue weighted by atomic mass is 16.7. The largest absolute Gasteiger partial charge is 0.432 e. The molecule has 16 nitrogen and oxygen atoms in total. The van der Waals surface area contributed by atoms with Crippen molar-refractivity contribution in [2.24, 2.45) is 44.8 Å². The first-order valence-corrected chi connectivity index (χ1v) is 22.5. The number of rotatable bonds is 7. The molecule has 0 bridgehead atoms. The summed E-state index contributed by atoms with van der Waals surface area (Å²) in [4.78, 5) is 14.8. The van der Waals surface area contributed by atoms with Gasteiger partial charge in [0.2, 0.25) is 6.29 Å². The Morgan fingerprint density at radius 1 is 0.738 bits per heavy atom. The van der Waals surface area contributed by atoms with Crippen molar-refractivity contribution in [3.8, 4) is 0 Å². The number of ether oxygens (including phenoxy) is 6. The summed E-state index contributed by atoms with van der Waals surface area (Å²) in [6.45, 7) is 15.3. The van der Waals surface area contributed by atoms with Crippen LogP contribution in [0.25, 0.3) is 0 Å². The molecule has 8 aliphatic rings. The summed E-state index contributed by atoms with van der Waals surface area (Å²) in [5.41, 5.74) is 0.681. The predicted molar refractivity (Wildman–Crippen MR) is 214 cm³/mol. The van der Waals surface area contributed by atoms with Gasteiger partial charge in [-0.25, -0.2) is 0 Å². The Kier molecular flexibility index (Phi) is 12.3. The van der Waals surface area contributed by atoms with Gasteiger partial charge in [0.15, 0.2) is 12.6 Å². The molecule has 7 fully saturated rings. The number of aliphatic hydroxyl groups excluding tert-OH is 9. The summed E-state index contributed by atoms with van der Waals surface area (Å²) < 4.78 is 35.0. The summed E-state index contributed by atoms with van der Waals surface area (Å²) >= 11 is 0. The van der Waals surface area contributed by atoms with Crippen LogP contribution in [0.3, 0.4) is 0 Å². The van der Waals surface area contributed by atoms with E-state index in [4.69, 9.17) is 28.4 Å². The first kappa shape index (κ1) is 45.9. The molecule has 3 saturated heterocycles. The second kappa shape index (κ2) is 16.4. The Labute approximate surface area is 357 Å². The van der Waals surface area contributed by atoms with Crippen LogP contribution >= 0.6 is 0 Å². The van der Waals surface area contributed by atoms with E-state index in [1.807, 2.05) is 0 Å². The van der Waals surface area contributed by atoms with Crippen LogP contribution in [0.4, 0.5) is 0 Å². The smallest absolute Gasteiger partial charge is 0.315 e. The zero-order valence-corrected chi connectivity index (χ0v) is 36.2. The normalized spacial score (nSPS) is 53.4. The SMILES string of the molecule is C=C1CC[C@]2(C(=O)O[C@@H]3O[C@H](CO[C@@H]4OC[C@H](O)[C@H](O)[C@H]4O)[C@@H](O)[C@H](O)[C@H]3O)CC[C@]3(C)C(=CC[C@@H]4[C@@]5(C)CC[C@H](O[C@@H]6OC[C@H](O)[C@H](O)[C@H]6O)C(C)(C)[C@@H]5CC[C@]43C)[C@@H]2C1. The van der Waals surface area contributed by atoms with Crippen molar-refractivity contribution in [3.05, 3.63) is 23.8 Å². The van der Waals surface area contributed by atoms with E-state index in [1.54, 1.807) is 0 Å². The molecule has 21 atom stereocenters. The molecule has 0 aromatic rings. The average Bonchev–Trinajstić information content (AvgIpc) is 3.21. The second-order valence-corrected chi connectivity index (χ2v) is 21.2. The Morgan fingerprint density at radius 2 is 1.38 bits per heavy atom. The van der Waals surface area contributed by atoms with Gasteiger partial charge >= 0.3 is 5.97 Å². The van der Waals surface area contributed by atoms with E-state index in [2.05, 4.69) is 47.3 Å². The third-order valence-corrected chi connectivity index (χ3v) is 17.9. The molecule has 5 aliphatic carbocycles. The third-order valence-electron chi connectivity index (χ3n) is 17.9. The lowest BCUT2D eigenvalue weighted by Crippen LogP contribution is -2.65. The van der Waals surface area contributed by atoms with Gasteiger partial charge in [0, 0.05) is 5.92 Å². The van der Waals surface area contributed by atoms with E-state index in [-0.39, 0.29) is 46.9 Å². The predicted octanol–water partition coefficient (Wildman–Crippen LogP) is 0.949. The van der Waals surface area contributed by atoms with Crippen LogP contribution in [-0.4, -0.2) is 158 Å². The standard InChI is InChI=1S/C45H70O16/c1-21-9-14-45(40(55)61-39-36(54)33(51)32(50)26(59-39)20-58-37-34(52)30(48)24(46)18-56-37)16-15-43(5)22(23(45)17-21)7-8-28-42(4)12-11-29(41(2,3)27(42)10-13-44(28,43)6)60-38-35(53)31(49)25(47)19-57-38/h7,23-39,46-54H,1,8-20H2,2-6H3/t23-,24-,25-,26+,27-,28+,29-,30-,31-,32+,33-,34+,35+,36+,37-,38-,39-,42-,43+,44+,45-/m0/s1. The molecule has 8 rings (SSSR count). The number of carbonyl (C=O) groups excluding carboxylic acids is 1. The van der Waals surface area contributed by atoms with Gasteiger partial charge < -0.3 is 74.4 Å². The first-order chi connectivity index (χ1) is 28.6. The molecule has 346 valence electrons. The highest BCUT2D eigenvalue weighted by Crippen LogP contribution is 2.75. The summed E-state index contributed by atoms with van der Waals surface area (Å²) in [6.07, 6.45) is -9.18. The van der Waals surface area contributed by atoms with E-state index in [1.165, 1.54) is 5.57 Å². The minimum absolute atomic E-state index is 0.0465. The molecule has 0 spiro atoms. The Morgan fingerprint density at radius 3 is 2.07 bits per heavy atom. The molecule has 3 heterocycles. The number of hydrogen-bond donors (Lipinski definition) is 9. The van der Waals surface area contributed by atoms with Gasteiger partial charge in [-0.15, -0.1) is 0 Å². The van der Waals surface area contributed by atoms with Crippen molar-refractivity contribution >= 4 is 5.97 Å². The molecular formula is C45H70O16. The van der Waals surface area contributed by atoms with Crippen LogP contribution < -0.4 is 0 Å². The summed E-state index contributed by atoms with van der Waals surface area (Å²) in [7, 11) is 0. The molecule has 61 heavy (non-hydrogen) atoms. The topological polar surface area (TPSA) is 255 Å². The monoisotopic (exact) mass is 866 g/mol. The van der Waals surface area contributed by atoms with E-state index in [9.17, 15) is 50.8 Å². The lowest BCUT2D eigenvalue weighted by atomic mass is 9.34. The van der Waals surface area contributed by atoms with Gasteiger partial charge in [-0.05, 0) is 97.7 Å². The van der Waals surface area contributed by atoms with E-state index >= 15 is 0 Å². The molecule has 9 N–H and O–H groups in total. The van der Waals surface area contributed by atoms with Crippen molar-refractivity contribution < 1.29 is 79.2 Å². The number of hydrogen-bond acceptors (Lipinski definition) is 16. The van der Waals surface area contributed by atoms with Gasteiger partial charge in [-0.1, -0.05) is 58.4 Å². The van der Waals surface area contributed by atoms with Crippen molar-refractivity contribution in [2.45, 2.75) is 185 Å².